The molecule has 0 spiro atoms. The number of rotatable bonds is 8. The molecule has 0 heterocycles. The molecule has 1 aliphatic carbocycles. The number of hydrogen-bond acceptors (Lipinski definition) is 6. The van der Waals surface area contributed by atoms with Crippen molar-refractivity contribution in [3.63, 3.8) is 0 Å². The Balaban J connectivity index is 2.07. The number of aliphatic hydroxyl groups excluding tert-OH is 2. The predicted octanol–water partition coefficient (Wildman–Crippen LogP) is -0.628. The smallest absolute Gasteiger partial charge is 0.319 e. The average molecular weight is 434 g/mol. The van der Waals surface area contributed by atoms with Gasteiger partial charge in [0.05, 0.1) is 12.1 Å². The topological polar surface area (TPSA) is 191 Å². The fourth-order valence-corrected chi connectivity index (χ4v) is 3.02. The lowest BCUT2D eigenvalue weighted by Gasteiger charge is -2.31. The molecule has 11 heteroatoms. The third-order valence-electron chi connectivity index (χ3n) is 4.77. The molecule has 11 nitrogen and oxygen atoms in total. The largest absolute Gasteiger partial charge is 0.481 e. The molecular weight excluding hydrogens is 408 g/mol. The molecule has 2 rings (SSSR count). The molecule has 1 aliphatic rings. The van der Waals surface area contributed by atoms with Crippen LogP contribution in [-0.4, -0.2) is 63.4 Å². The third kappa shape index (κ3) is 7.08. The van der Waals surface area contributed by atoms with Crippen LogP contribution in [0.1, 0.15) is 24.8 Å². The van der Waals surface area contributed by atoms with Crippen molar-refractivity contribution < 1.29 is 34.5 Å². The Kier molecular flexibility index (Phi) is 8.11. The molecule has 0 bridgehead atoms. The van der Waals surface area contributed by atoms with Crippen molar-refractivity contribution in [2.24, 2.45) is 5.73 Å². The first-order chi connectivity index (χ1) is 14.6. The van der Waals surface area contributed by atoms with E-state index in [1.165, 1.54) is 6.08 Å². The van der Waals surface area contributed by atoms with Crippen molar-refractivity contribution in [1.29, 1.82) is 0 Å². The molecule has 0 saturated heterocycles. The van der Waals surface area contributed by atoms with Gasteiger partial charge in [-0.05, 0) is 25.5 Å². The fraction of sp³-hybridized carbons (Fsp3) is 0.400. The Morgan fingerprint density at radius 2 is 1.81 bits per heavy atom. The monoisotopic (exact) mass is 434 g/mol. The van der Waals surface area contributed by atoms with Gasteiger partial charge in [0.2, 0.25) is 11.8 Å². The zero-order valence-electron chi connectivity index (χ0n) is 16.9. The van der Waals surface area contributed by atoms with E-state index in [9.17, 15) is 29.4 Å². The number of amides is 4. The van der Waals surface area contributed by atoms with Crippen molar-refractivity contribution in [1.82, 2.24) is 10.6 Å². The van der Waals surface area contributed by atoms with Gasteiger partial charge in [0, 0.05) is 24.1 Å². The lowest BCUT2D eigenvalue weighted by molar-refractivity contribution is -0.137. The molecular formula is C20H26N4O7. The van der Waals surface area contributed by atoms with Gasteiger partial charge >= 0.3 is 12.0 Å². The molecule has 1 aromatic carbocycles. The van der Waals surface area contributed by atoms with Crippen LogP contribution in [0, 0.1) is 6.92 Å². The third-order valence-corrected chi connectivity index (χ3v) is 4.77. The average Bonchev–Trinajstić information content (AvgIpc) is 2.69. The van der Waals surface area contributed by atoms with Gasteiger partial charge in [-0.2, -0.15) is 0 Å². The second-order valence-electron chi connectivity index (χ2n) is 7.31. The van der Waals surface area contributed by atoms with Gasteiger partial charge in [0.25, 0.3) is 0 Å². The van der Waals surface area contributed by atoms with E-state index in [1.807, 2.05) is 6.92 Å². The lowest BCUT2D eigenvalue weighted by Crippen LogP contribution is -2.53. The predicted molar refractivity (Wildman–Crippen MR) is 110 cm³/mol. The zero-order valence-corrected chi connectivity index (χ0v) is 16.9. The summed E-state index contributed by atoms with van der Waals surface area (Å²) in [5, 5.41) is 36.4. The highest BCUT2D eigenvalue weighted by atomic mass is 16.4. The van der Waals surface area contributed by atoms with E-state index >= 15 is 0 Å². The minimum absolute atomic E-state index is 0.0139. The molecule has 168 valence electrons. The lowest BCUT2D eigenvalue weighted by atomic mass is 9.90. The first kappa shape index (κ1) is 23.8. The molecule has 0 aromatic heterocycles. The van der Waals surface area contributed by atoms with E-state index in [1.54, 1.807) is 24.3 Å². The Labute approximate surface area is 178 Å². The second kappa shape index (κ2) is 10.5. The molecule has 31 heavy (non-hydrogen) atoms. The highest BCUT2D eigenvalue weighted by Gasteiger charge is 2.34. The number of carbonyl (C=O) groups excluding carboxylic acids is 3. The van der Waals surface area contributed by atoms with Crippen molar-refractivity contribution in [3.05, 3.63) is 41.5 Å². The van der Waals surface area contributed by atoms with Gasteiger partial charge in [-0.15, -0.1) is 0 Å². The van der Waals surface area contributed by atoms with Gasteiger partial charge in [-0.1, -0.05) is 23.8 Å². The van der Waals surface area contributed by atoms with Gasteiger partial charge < -0.3 is 37.0 Å². The summed E-state index contributed by atoms with van der Waals surface area (Å²) in [5.74, 6) is -2.82. The van der Waals surface area contributed by atoms with Gasteiger partial charge in [-0.25, -0.2) is 4.79 Å². The van der Waals surface area contributed by atoms with E-state index in [0.717, 1.165) is 5.56 Å². The number of aryl methyl sites for hydroxylation is 1. The van der Waals surface area contributed by atoms with Crippen LogP contribution in [0.4, 0.5) is 10.5 Å². The quantitative estimate of drug-likeness (QED) is 0.283. The van der Waals surface area contributed by atoms with E-state index in [-0.39, 0.29) is 24.8 Å². The summed E-state index contributed by atoms with van der Waals surface area (Å²) in [4.78, 5) is 47.0. The molecule has 0 radical (unpaired) electrons. The van der Waals surface area contributed by atoms with Crippen LogP contribution in [0.25, 0.3) is 0 Å². The van der Waals surface area contributed by atoms with Crippen molar-refractivity contribution >= 4 is 29.5 Å². The minimum atomic E-state index is -1.36. The maximum Gasteiger partial charge on any atom is 0.319 e. The maximum absolute atomic E-state index is 12.5. The summed E-state index contributed by atoms with van der Waals surface area (Å²) in [5.41, 5.74) is 6.74. The minimum Gasteiger partial charge on any atom is -0.481 e. The maximum atomic E-state index is 12.5. The number of carboxylic acids is 1. The first-order valence-electron chi connectivity index (χ1n) is 9.59. The van der Waals surface area contributed by atoms with Gasteiger partial charge in [0.1, 0.15) is 12.1 Å². The van der Waals surface area contributed by atoms with E-state index in [2.05, 4.69) is 16.0 Å². The number of nitrogens with one attached hydrogen (secondary N) is 3. The van der Waals surface area contributed by atoms with Crippen LogP contribution in [-0.2, 0) is 14.4 Å². The molecule has 4 atom stereocenters. The number of aliphatic hydroxyl groups is 2. The highest BCUT2D eigenvalue weighted by molar-refractivity contribution is 5.97. The van der Waals surface area contributed by atoms with Crippen molar-refractivity contribution in [2.45, 2.75) is 50.5 Å². The summed E-state index contributed by atoms with van der Waals surface area (Å²) in [7, 11) is 0. The summed E-state index contributed by atoms with van der Waals surface area (Å²) in [6.07, 6.45) is -2.24. The Morgan fingerprint density at radius 3 is 2.39 bits per heavy atom. The van der Waals surface area contributed by atoms with Crippen molar-refractivity contribution in [2.75, 3.05) is 5.32 Å². The number of carbonyl (C=O) groups is 4. The van der Waals surface area contributed by atoms with Crippen LogP contribution in [0.15, 0.2) is 35.9 Å². The van der Waals surface area contributed by atoms with E-state index in [4.69, 9.17) is 10.8 Å². The summed E-state index contributed by atoms with van der Waals surface area (Å²) in [6, 6.07) is 4.03. The number of anilines is 1. The van der Waals surface area contributed by atoms with Gasteiger partial charge in [0.15, 0.2) is 0 Å². The van der Waals surface area contributed by atoms with Gasteiger partial charge in [-0.3, -0.25) is 14.4 Å². The highest BCUT2D eigenvalue weighted by Crippen LogP contribution is 2.20. The Bertz CT molecular complexity index is 869. The number of carboxylic acid groups (broad SMARTS) is 1. The number of hydrogen-bond donors (Lipinski definition) is 7. The number of nitrogens with two attached hydrogens (primary N) is 1. The normalized spacial score (nSPS) is 21.4. The van der Waals surface area contributed by atoms with Crippen LogP contribution in [0.3, 0.4) is 0 Å². The molecule has 1 aromatic rings. The van der Waals surface area contributed by atoms with E-state index < -0.39 is 48.1 Å². The molecule has 8 N–H and O–H groups in total. The Morgan fingerprint density at radius 1 is 1.16 bits per heavy atom. The number of benzene rings is 1. The molecule has 0 aliphatic heterocycles. The molecule has 4 amide bonds. The number of aliphatic carboxylic acids is 1. The Hall–Kier alpha value is -3.44. The summed E-state index contributed by atoms with van der Waals surface area (Å²) >= 11 is 0. The molecule has 0 saturated carbocycles. The van der Waals surface area contributed by atoms with E-state index in [0.29, 0.717) is 5.69 Å². The summed E-state index contributed by atoms with van der Waals surface area (Å²) in [6.45, 7) is 1.89. The number of primary amides is 1. The van der Waals surface area contributed by atoms with Crippen LogP contribution >= 0.6 is 0 Å². The molecule has 0 fully saturated rings. The second-order valence-corrected chi connectivity index (χ2v) is 7.31. The van der Waals surface area contributed by atoms with Crippen LogP contribution in [0.2, 0.25) is 0 Å². The zero-order chi connectivity index (χ0) is 23.1. The standard InChI is InChI=1S/C20H26N4O7/c1-10-2-4-12(5-3-10)22-20(31)24-14-8-11(9-15(25)17(14)28)19(30)23-13(18(21)29)6-7-16(26)27/h2-5,8,13-15,17,25,28H,6-7,9H2,1H3,(H2,21,29)(H,23,30)(H,26,27)(H2,22,24,31)/t13-,14+,15+,17+/m0/s1. The molecule has 0 unspecified atom stereocenters. The first-order valence-corrected chi connectivity index (χ1v) is 9.59. The number of urea groups is 1. The summed E-state index contributed by atoms with van der Waals surface area (Å²) < 4.78 is 0. The van der Waals surface area contributed by atoms with Crippen molar-refractivity contribution in [3.8, 4) is 0 Å². The SMILES string of the molecule is Cc1ccc(NC(=O)N[C@@H]2C=C(C(=O)N[C@@H](CCC(=O)O)C(N)=O)C[C@@H](O)[C@@H]2O)cc1. The van der Waals surface area contributed by atoms with Crippen LogP contribution in [0.5, 0.6) is 0 Å². The fourth-order valence-electron chi connectivity index (χ4n) is 3.02. The van der Waals surface area contributed by atoms with Crippen LogP contribution < -0.4 is 21.7 Å².